The second kappa shape index (κ2) is 6.86. The number of benzene rings is 2. The SMILES string of the molecule is CNC(CSc1ccc(F)cc1)c1ccc(F)c(C)c1. The standard InChI is InChI=1S/C16H17F2NS/c1-11-9-12(3-8-15(11)18)16(19-2)10-20-14-6-4-13(17)5-7-14/h3-9,16,19H,10H2,1-2H3. The Morgan fingerprint density at radius 3 is 2.40 bits per heavy atom. The molecule has 0 saturated heterocycles. The topological polar surface area (TPSA) is 12.0 Å². The summed E-state index contributed by atoms with van der Waals surface area (Å²) in [7, 11) is 1.88. The van der Waals surface area contributed by atoms with E-state index < -0.39 is 0 Å². The Morgan fingerprint density at radius 2 is 1.80 bits per heavy atom. The van der Waals surface area contributed by atoms with Crippen LogP contribution in [0.3, 0.4) is 0 Å². The van der Waals surface area contributed by atoms with Gasteiger partial charge in [0, 0.05) is 16.7 Å². The molecule has 4 heteroatoms. The van der Waals surface area contributed by atoms with Crippen molar-refractivity contribution >= 4 is 11.8 Å². The molecule has 2 rings (SSSR count). The predicted molar refractivity (Wildman–Crippen MR) is 80.1 cm³/mol. The van der Waals surface area contributed by atoms with E-state index in [0.29, 0.717) is 5.56 Å². The van der Waals surface area contributed by atoms with E-state index in [4.69, 9.17) is 0 Å². The second-order valence-electron chi connectivity index (χ2n) is 4.61. The molecule has 0 heterocycles. The van der Waals surface area contributed by atoms with Crippen molar-refractivity contribution < 1.29 is 8.78 Å². The van der Waals surface area contributed by atoms with Gasteiger partial charge >= 0.3 is 0 Å². The first kappa shape index (κ1) is 15.0. The van der Waals surface area contributed by atoms with E-state index >= 15 is 0 Å². The molecule has 0 spiro atoms. The molecule has 0 amide bonds. The largest absolute Gasteiger partial charge is 0.312 e. The smallest absolute Gasteiger partial charge is 0.126 e. The molecule has 2 aromatic rings. The predicted octanol–water partition coefficient (Wildman–Crippen LogP) is 4.33. The zero-order valence-electron chi connectivity index (χ0n) is 11.5. The van der Waals surface area contributed by atoms with Gasteiger partial charge in [0.05, 0.1) is 0 Å². The second-order valence-corrected chi connectivity index (χ2v) is 5.71. The van der Waals surface area contributed by atoms with Gasteiger partial charge in [0.15, 0.2) is 0 Å². The van der Waals surface area contributed by atoms with Crippen molar-refractivity contribution in [2.45, 2.75) is 17.9 Å². The lowest BCUT2D eigenvalue weighted by atomic mass is 10.1. The van der Waals surface area contributed by atoms with Crippen molar-refractivity contribution in [2.75, 3.05) is 12.8 Å². The maximum atomic E-state index is 13.3. The lowest BCUT2D eigenvalue weighted by Gasteiger charge is -2.17. The minimum absolute atomic E-state index is 0.129. The maximum Gasteiger partial charge on any atom is 0.126 e. The van der Waals surface area contributed by atoms with Crippen molar-refractivity contribution in [3.05, 3.63) is 65.2 Å². The molecule has 0 fully saturated rings. The molecule has 106 valence electrons. The number of aryl methyl sites for hydroxylation is 1. The first-order chi connectivity index (χ1) is 9.60. The van der Waals surface area contributed by atoms with Crippen LogP contribution in [0.15, 0.2) is 47.4 Å². The molecule has 0 aliphatic heterocycles. The molecule has 0 bridgehead atoms. The number of thioether (sulfide) groups is 1. The van der Waals surface area contributed by atoms with Gasteiger partial charge in [0.25, 0.3) is 0 Å². The van der Waals surface area contributed by atoms with Gasteiger partial charge in [0.2, 0.25) is 0 Å². The van der Waals surface area contributed by atoms with Gasteiger partial charge in [-0.05, 0) is 55.4 Å². The Balaban J connectivity index is 2.05. The van der Waals surface area contributed by atoms with Gasteiger partial charge in [0.1, 0.15) is 11.6 Å². The van der Waals surface area contributed by atoms with Gasteiger partial charge in [-0.25, -0.2) is 8.78 Å². The van der Waals surface area contributed by atoms with Crippen molar-refractivity contribution in [2.24, 2.45) is 0 Å². The Hall–Kier alpha value is -1.39. The third kappa shape index (κ3) is 3.81. The minimum atomic E-state index is -0.228. The fraction of sp³-hybridized carbons (Fsp3) is 0.250. The van der Waals surface area contributed by atoms with Crippen LogP contribution in [0.4, 0.5) is 8.78 Å². The fourth-order valence-corrected chi connectivity index (χ4v) is 2.99. The highest BCUT2D eigenvalue weighted by Gasteiger charge is 2.11. The quantitative estimate of drug-likeness (QED) is 0.824. The summed E-state index contributed by atoms with van der Waals surface area (Å²) in [6.45, 7) is 1.76. The van der Waals surface area contributed by atoms with Gasteiger partial charge in [-0.15, -0.1) is 11.8 Å². The van der Waals surface area contributed by atoms with Crippen LogP contribution in [-0.2, 0) is 0 Å². The monoisotopic (exact) mass is 293 g/mol. The van der Waals surface area contributed by atoms with Crippen LogP contribution < -0.4 is 5.32 Å². The molecule has 0 saturated carbocycles. The Labute approximate surface area is 122 Å². The number of rotatable bonds is 5. The van der Waals surface area contributed by atoms with E-state index in [2.05, 4.69) is 5.32 Å². The Morgan fingerprint density at radius 1 is 1.10 bits per heavy atom. The van der Waals surface area contributed by atoms with Crippen LogP contribution in [0.1, 0.15) is 17.2 Å². The summed E-state index contributed by atoms with van der Waals surface area (Å²) in [5.41, 5.74) is 1.70. The molecular weight excluding hydrogens is 276 g/mol. The zero-order valence-corrected chi connectivity index (χ0v) is 12.3. The average molecular weight is 293 g/mol. The van der Waals surface area contributed by atoms with Crippen LogP contribution in [0.2, 0.25) is 0 Å². The lowest BCUT2D eigenvalue weighted by Crippen LogP contribution is -2.18. The van der Waals surface area contributed by atoms with Gasteiger partial charge in [-0.2, -0.15) is 0 Å². The summed E-state index contributed by atoms with van der Waals surface area (Å²) >= 11 is 1.64. The van der Waals surface area contributed by atoms with Crippen molar-refractivity contribution in [3.63, 3.8) is 0 Å². The van der Waals surface area contributed by atoms with E-state index in [1.54, 1.807) is 36.9 Å². The third-order valence-electron chi connectivity index (χ3n) is 3.16. The first-order valence-electron chi connectivity index (χ1n) is 6.42. The lowest BCUT2D eigenvalue weighted by molar-refractivity contribution is 0.611. The number of halogens is 2. The summed E-state index contributed by atoms with van der Waals surface area (Å²) < 4.78 is 26.1. The molecule has 2 aromatic carbocycles. The average Bonchev–Trinajstić information content (AvgIpc) is 2.45. The van der Waals surface area contributed by atoms with Crippen LogP contribution in [0, 0.1) is 18.6 Å². The van der Waals surface area contributed by atoms with E-state index in [9.17, 15) is 8.78 Å². The molecule has 1 N–H and O–H groups in total. The van der Waals surface area contributed by atoms with Gasteiger partial charge in [-0.3, -0.25) is 0 Å². The van der Waals surface area contributed by atoms with E-state index in [-0.39, 0.29) is 17.7 Å². The van der Waals surface area contributed by atoms with Crippen molar-refractivity contribution in [1.29, 1.82) is 0 Å². The zero-order chi connectivity index (χ0) is 14.5. The summed E-state index contributed by atoms with van der Waals surface area (Å²) in [4.78, 5) is 1.02. The van der Waals surface area contributed by atoms with Gasteiger partial charge in [-0.1, -0.05) is 12.1 Å². The molecule has 1 nitrogen and oxygen atoms in total. The van der Waals surface area contributed by atoms with Crippen LogP contribution in [0.5, 0.6) is 0 Å². The molecule has 0 aromatic heterocycles. The highest BCUT2D eigenvalue weighted by Crippen LogP contribution is 2.25. The number of nitrogens with one attached hydrogen (secondary N) is 1. The van der Waals surface area contributed by atoms with E-state index in [1.807, 2.05) is 13.1 Å². The molecule has 0 aliphatic carbocycles. The maximum absolute atomic E-state index is 13.3. The molecular formula is C16H17F2NS. The summed E-state index contributed by atoms with van der Waals surface area (Å²) in [5, 5.41) is 3.23. The Bertz CT molecular complexity index is 569. The summed E-state index contributed by atoms with van der Waals surface area (Å²) in [6, 6.07) is 11.7. The van der Waals surface area contributed by atoms with Crippen LogP contribution in [0.25, 0.3) is 0 Å². The van der Waals surface area contributed by atoms with Crippen molar-refractivity contribution in [1.82, 2.24) is 5.32 Å². The van der Waals surface area contributed by atoms with Crippen LogP contribution >= 0.6 is 11.8 Å². The summed E-state index contributed by atoms with van der Waals surface area (Å²) in [6.07, 6.45) is 0. The first-order valence-corrected chi connectivity index (χ1v) is 7.40. The van der Waals surface area contributed by atoms with E-state index in [1.165, 1.54) is 18.2 Å². The van der Waals surface area contributed by atoms with Crippen molar-refractivity contribution in [3.8, 4) is 0 Å². The highest BCUT2D eigenvalue weighted by atomic mass is 32.2. The summed E-state index contributed by atoms with van der Waals surface area (Å²) in [5.74, 6) is 0.385. The molecule has 0 aliphatic rings. The van der Waals surface area contributed by atoms with Crippen LogP contribution in [-0.4, -0.2) is 12.8 Å². The van der Waals surface area contributed by atoms with E-state index in [0.717, 1.165) is 16.2 Å². The molecule has 0 radical (unpaired) electrons. The fourth-order valence-electron chi connectivity index (χ4n) is 1.94. The normalized spacial score (nSPS) is 12.4. The van der Waals surface area contributed by atoms with Gasteiger partial charge < -0.3 is 5.32 Å². The molecule has 1 unspecified atom stereocenters. The Kier molecular flexibility index (Phi) is 5.15. The molecule has 20 heavy (non-hydrogen) atoms. The number of hydrogen-bond donors (Lipinski definition) is 1. The number of hydrogen-bond acceptors (Lipinski definition) is 2. The molecule has 1 atom stereocenters. The highest BCUT2D eigenvalue weighted by molar-refractivity contribution is 7.99. The third-order valence-corrected chi connectivity index (χ3v) is 4.27. The minimum Gasteiger partial charge on any atom is -0.312 e.